The summed E-state index contributed by atoms with van der Waals surface area (Å²) in [6, 6.07) is 19.3. The van der Waals surface area contributed by atoms with Crippen molar-refractivity contribution < 1.29 is 14.5 Å². The topological polar surface area (TPSA) is 117 Å². The van der Waals surface area contributed by atoms with Gasteiger partial charge in [-0.3, -0.25) is 10.1 Å². The average molecular weight is 504 g/mol. The summed E-state index contributed by atoms with van der Waals surface area (Å²) in [5.41, 5.74) is 2.19. The molecule has 1 amide bonds. The number of hydrogen-bond donors (Lipinski definition) is 0. The Morgan fingerprint density at radius 3 is 2.22 bits per heavy atom. The van der Waals surface area contributed by atoms with Gasteiger partial charge in [0, 0.05) is 56.7 Å². The summed E-state index contributed by atoms with van der Waals surface area (Å²) in [6.45, 7) is 6.30. The number of pyridine rings is 1. The van der Waals surface area contributed by atoms with Gasteiger partial charge in [-0.25, -0.2) is 9.78 Å². The summed E-state index contributed by atoms with van der Waals surface area (Å²) in [6.07, 6.45) is 1.48. The van der Waals surface area contributed by atoms with Crippen LogP contribution in [0.1, 0.15) is 6.92 Å². The minimum atomic E-state index is -0.453. The van der Waals surface area contributed by atoms with Crippen LogP contribution in [0.15, 0.2) is 83.2 Å². The van der Waals surface area contributed by atoms with Crippen molar-refractivity contribution in [3.8, 4) is 0 Å². The number of benzene rings is 2. The van der Waals surface area contributed by atoms with E-state index in [2.05, 4.69) is 25.0 Å². The van der Waals surface area contributed by atoms with Crippen LogP contribution < -0.4 is 9.80 Å². The van der Waals surface area contributed by atoms with Gasteiger partial charge in [0.25, 0.3) is 5.69 Å². The first-order valence-electron chi connectivity index (χ1n) is 12.1. The van der Waals surface area contributed by atoms with Gasteiger partial charge in [-0.2, -0.15) is 10.2 Å². The third-order valence-corrected chi connectivity index (χ3v) is 6.04. The molecule has 0 aliphatic carbocycles. The summed E-state index contributed by atoms with van der Waals surface area (Å²) in [7, 11) is 0. The number of nitro benzene ring substituents is 1. The molecule has 37 heavy (non-hydrogen) atoms. The molecular weight excluding hydrogens is 474 g/mol. The summed E-state index contributed by atoms with van der Waals surface area (Å²) >= 11 is 0. The first-order valence-corrected chi connectivity index (χ1v) is 12.1. The van der Waals surface area contributed by atoms with E-state index in [-0.39, 0.29) is 18.4 Å². The molecular formula is C26H29N7O4. The van der Waals surface area contributed by atoms with Gasteiger partial charge in [0.1, 0.15) is 12.4 Å². The molecule has 0 atom stereocenters. The second kappa shape index (κ2) is 12.4. The number of hydrogen-bond acceptors (Lipinski definition) is 9. The molecule has 11 nitrogen and oxygen atoms in total. The Hall–Kier alpha value is -4.54. The first-order chi connectivity index (χ1) is 18.0. The molecule has 0 spiro atoms. The third kappa shape index (κ3) is 7.00. The number of carbonyl (C=O) groups excluding carboxylic acids is 1. The molecule has 1 aliphatic rings. The van der Waals surface area contributed by atoms with Crippen molar-refractivity contribution in [2.45, 2.75) is 6.92 Å². The van der Waals surface area contributed by atoms with Crippen LogP contribution in [0.3, 0.4) is 0 Å². The standard InChI is InChI=1S/C26H29N7O4/c1-2-30(19-20-37-26(34)32-17-15-31(16-18-32)25-5-3-4-14-27-25)23-10-6-21(7-11-23)28-29-22-8-12-24(13-9-22)33(35)36/h3-14H,2,15-20H2,1H3. The highest BCUT2D eigenvalue weighted by Gasteiger charge is 2.22. The second-order valence-corrected chi connectivity index (χ2v) is 8.35. The number of piperazine rings is 1. The van der Waals surface area contributed by atoms with E-state index in [0.717, 1.165) is 31.1 Å². The normalized spacial score (nSPS) is 13.5. The number of azo groups is 1. The van der Waals surface area contributed by atoms with Crippen LogP contribution in [0.25, 0.3) is 0 Å². The Morgan fingerprint density at radius 2 is 1.65 bits per heavy atom. The van der Waals surface area contributed by atoms with Crippen LogP contribution in [0.2, 0.25) is 0 Å². The Morgan fingerprint density at radius 1 is 1.00 bits per heavy atom. The summed E-state index contributed by atoms with van der Waals surface area (Å²) in [5.74, 6) is 0.924. The molecule has 0 bridgehead atoms. The highest BCUT2D eigenvalue weighted by Crippen LogP contribution is 2.23. The van der Waals surface area contributed by atoms with Crippen LogP contribution in [0.5, 0.6) is 0 Å². The van der Waals surface area contributed by atoms with Gasteiger partial charge in [0.05, 0.1) is 22.8 Å². The third-order valence-electron chi connectivity index (χ3n) is 6.04. The number of carbonyl (C=O) groups is 1. The van der Waals surface area contributed by atoms with Gasteiger partial charge in [-0.1, -0.05) is 6.07 Å². The van der Waals surface area contributed by atoms with E-state index < -0.39 is 4.92 Å². The zero-order valence-corrected chi connectivity index (χ0v) is 20.6. The molecule has 1 aliphatic heterocycles. The van der Waals surface area contributed by atoms with E-state index in [1.165, 1.54) is 12.1 Å². The van der Waals surface area contributed by atoms with E-state index in [1.807, 2.05) is 49.4 Å². The zero-order valence-electron chi connectivity index (χ0n) is 20.6. The smallest absolute Gasteiger partial charge is 0.409 e. The average Bonchev–Trinajstić information content (AvgIpc) is 2.95. The number of amides is 1. The lowest BCUT2D eigenvalue weighted by Crippen LogP contribution is -2.49. The molecule has 2 heterocycles. The fourth-order valence-corrected chi connectivity index (χ4v) is 3.95. The molecule has 2 aromatic carbocycles. The monoisotopic (exact) mass is 503 g/mol. The molecule has 1 fully saturated rings. The molecule has 0 N–H and O–H groups in total. The number of rotatable bonds is 9. The van der Waals surface area contributed by atoms with Gasteiger partial charge in [-0.15, -0.1) is 0 Å². The lowest BCUT2D eigenvalue weighted by Gasteiger charge is -2.34. The maximum atomic E-state index is 12.5. The first kappa shape index (κ1) is 25.5. The number of nitro groups is 1. The Bertz CT molecular complexity index is 1200. The SMILES string of the molecule is CCN(CCOC(=O)N1CCN(c2ccccn2)CC1)c1ccc(N=Nc2ccc([N+](=O)[O-])cc2)cc1. The van der Waals surface area contributed by atoms with Gasteiger partial charge < -0.3 is 19.4 Å². The van der Waals surface area contributed by atoms with Crippen LogP contribution in [-0.2, 0) is 4.74 Å². The highest BCUT2D eigenvalue weighted by molar-refractivity contribution is 5.68. The minimum absolute atomic E-state index is 0.0109. The maximum Gasteiger partial charge on any atom is 0.409 e. The van der Waals surface area contributed by atoms with Crippen molar-refractivity contribution in [2.75, 3.05) is 55.7 Å². The van der Waals surface area contributed by atoms with Gasteiger partial charge in [0.2, 0.25) is 0 Å². The molecule has 1 saturated heterocycles. The Labute approximate surface area is 215 Å². The number of non-ortho nitro benzene ring substituents is 1. The Kier molecular flexibility index (Phi) is 8.58. The summed E-state index contributed by atoms with van der Waals surface area (Å²) in [5, 5.41) is 19.1. The molecule has 192 valence electrons. The molecule has 4 rings (SSSR count). The van der Waals surface area contributed by atoms with E-state index in [1.54, 1.807) is 23.2 Å². The van der Waals surface area contributed by atoms with Gasteiger partial charge in [0.15, 0.2) is 0 Å². The molecule has 1 aromatic heterocycles. The second-order valence-electron chi connectivity index (χ2n) is 8.35. The van der Waals surface area contributed by atoms with Crippen LogP contribution in [-0.4, -0.2) is 66.8 Å². The fourth-order valence-electron chi connectivity index (χ4n) is 3.95. The predicted molar refractivity (Wildman–Crippen MR) is 141 cm³/mol. The number of nitrogens with zero attached hydrogens (tertiary/aromatic N) is 7. The van der Waals surface area contributed by atoms with Gasteiger partial charge >= 0.3 is 6.09 Å². The molecule has 0 unspecified atom stereocenters. The fraction of sp³-hybridized carbons (Fsp3) is 0.308. The molecule has 3 aromatic rings. The highest BCUT2D eigenvalue weighted by atomic mass is 16.6. The lowest BCUT2D eigenvalue weighted by molar-refractivity contribution is -0.384. The maximum absolute atomic E-state index is 12.5. The zero-order chi connectivity index (χ0) is 26.0. The van der Waals surface area contributed by atoms with Crippen molar-refractivity contribution in [3.05, 3.63) is 83.0 Å². The quantitative estimate of drug-likeness (QED) is 0.224. The van der Waals surface area contributed by atoms with Crippen molar-refractivity contribution in [3.63, 3.8) is 0 Å². The predicted octanol–water partition coefficient (Wildman–Crippen LogP) is 5.19. The van der Waals surface area contributed by atoms with Crippen molar-refractivity contribution in [1.82, 2.24) is 9.88 Å². The largest absolute Gasteiger partial charge is 0.448 e. The molecule has 0 radical (unpaired) electrons. The van der Waals surface area contributed by atoms with Crippen LogP contribution >= 0.6 is 0 Å². The van der Waals surface area contributed by atoms with Gasteiger partial charge in [-0.05, 0) is 55.5 Å². The van der Waals surface area contributed by atoms with Crippen LogP contribution in [0, 0.1) is 10.1 Å². The molecule has 11 heteroatoms. The summed E-state index contributed by atoms with van der Waals surface area (Å²) < 4.78 is 5.55. The number of ether oxygens (including phenoxy) is 1. The van der Waals surface area contributed by atoms with Crippen LogP contribution in [0.4, 0.5) is 33.4 Å². The van der Waals surface area contributed by atoms with E-state index >= 15 is 0 Å². The van der Waals surface area contributed by atoms with E-state index in [9.17, 15) is 14.9 Å². The Balaban J connectivity index is 1.22. The van der Waals surface area contributed by atoms with E-state index in [4.69, 9.17) is 4.74 Å². The lowest BCUT2D eigenvalue weighted by atomic mass is 10.2. The van der Waals surface area contributed by atoms with E-state index in [0.29, 0.717) is 31.0 Å². The van der Waals surface area contributed by atoms with Crippen molar-refractivity contribution in [2.24, 2.45) is 10.2 Å². The summed E-state index contributed by atoms with van der Waals surface area (Å²) in [4.78, 5) is 33.2. The van der Waals surface area contributed by atoms with Crippen molar-refractivity contribution >= 4 is 34.7 Å². The molecule has 0 saturated carbocycles. The van der Waals surface area contributed by atoms with Crippen molar-refractivity contribution in [1.29, 1.82) is 0 Å². The number of aromatic nitrogens is 1. The minimum Gasteiger partial charge on any atom is -0.448 e. The number of anilines is 2. The number of likely N-dealkylation sites (N-methyl/N-ethyl adjacent to an activating group) is 1.